The molecule has 0 aliphatic heterocycles. The Bertz CT molecular complexity index is 655. The lowest BCUT2D eigenvalue weighted by atomic mass is 10.1. The van der Waals surface area contributed by atoms with E-state index in [0.29, 0.717) is 5.82 Å². The summed E-state index contributed by atoms with van der Waals surface area (Å²) >= 11 is 1.57. The number of thiazole rings is 1. The molecule has 0 saturated heterocycles. The predicted octanol–water partition coefficient (Wildman–Crippen LogP) is 3.29. The van der Waals surface area contributed by atoms with Crippen LogP contribution >= 0.6 is 11.3 Å². The number of hydrogen-bond donors (Lipinski definition) is 2. The maximum atomic E-state index is 11.5. The Morgan fingerprint density at radius 1 is 1.52 bits per heavy atom. The number of anilines is 1. The Morgan fingerprint density at radius 2 is 2.38 bits per heavy atom. The van der Waals surface area contributed by atoms with Crippen molar-refractivity contribution in [2.75, 3.05) is 5.32 Å². The van der Waals surface area contributed by atoms with Crippen LogP contribution < -0.4 is 5.32 Å². The Kier molecular flexibility index (Phi) is 3.88. The van der Waals surface area contributed by atoms with E-state index in [9.17, 15) is 9.90 Å². The zero-order chi connectivity index (χ0) is 14.8. The second-order valence-corrected chi connectivity index (χ2v) is 6.05. The number of fused-ring (bicyclic) bond motifs is 1. The molecule has 6 heteroatoms. The van der Waals surface area contributed by atoms with Gasteiger partial charge in [0.2, 0.25) is 0 Å². The number of aryl methyl sites for hydroxylation is 2. The minimum atomic E-state index is -0.936. The van der Waals surface area contributed by atoms with Gasteiger partial charge in [-0.2, -0.15) is 0 Å². The average Bonchev–Trinajstić information content (AvgIpc) is 3.14. The maximum Gasteiger partial charge on any atom is 0.339 e. The Balaban J connectivity index is 1.95. The largest absolute Gasteiger partial charge is 0.478 e. The van der Waals surface area contributed by atoms with Crippen molar-refractivity contribution in [3.8, 4) is 0 Å². The normalized spacial score (nSPS) is 14.7. The van der Waals surface area contributed by atoms with Crippen LogP contribution in [0, 0.1) is 0 Å². The molecular weight excluding hydrogens is 286 g/mol. The third-order valence-electron chi connectivity index (χ3n) is 3.75. The van der Waals surface area contributed by atoms with Crippen LogP contribution in [0.4, 0.5) is 5.82 Å². The van der Waals surface area contributed by atoms with E-state index in [1.807, 2.05) is 12.3 Å². The van der Waals surface area contributed by atoms with Crippen LogP contribution in [0.15, 0.2) is 17.6 Å². The zero-order valence-corrected chi connectivity index (χ0v) is 12.6. The summed E-state index contributed by atoms with van der Waals surface area (Å²) in [5.41, 5.74) is 2.35. The van der Waals surface area contributed by atoms with Crippen molar-refractivity contribution in [1.29, 1.82) is 0 Å². The second-order valence-electron chi connectivity index (χ2n) is 5.12. The van der Waals surface area contributed by atoms with Crippen LogP contribution in [0.1, 0.15) is 52.4 Å². The molecule has 0 spiro atoms. The SMILES string of the molecule is CCC(Nc1nc2c(cc1C(=O)O)CCC2)c1nccs1. The minimum absolute atomic E-state index is 0.00458. The minimum Gasteiger partial charge on any atom is -0.478 e. The molecule has 3 rings (SSSR count). The quantitative estimate of drug-likeness (QED) is 0.886. The lowest BCUT2D eigenvalue weighted by molar-refractivity contribution is 0.0697. The van der Waals surface area contributed by atoms with Gasteiger partial charge in [-0.1, -0.05) is 6.92 Å². The summed E-state index contributed by atoms with van der Waals surface area (Å²) < 4.78 is 0. The van der Waals surface area contributed by atoms with Gasteiger partial charge in [-0.3, -0.25) is 0 Å². The topological polar surface area (TPSA) is 75.1 Å². The summed E-state index contributed by atoms with van der Waals surface area (Å²) in [6, 6.07) is 1.77. The number of nitrogens with zero attached hydrogens (tertiary/aromatic N) is 2. The summed E-state index contributed by atoms with van der Waals surface area (Å²) in [4.78, 5) is 20.4. The number of carbonyl (C=O) groups is 1. The molecule has 0 fully saturated rings. The monoisotopic (exact) mass is 303 g/mol. The average molecular weight is 303 g/mol. The molecule has 5 nitrogen and oxygen atoms in total. The molecule has 0 aromatic carbocycles. The fraction of sp³-hybridized carbons (Fsp3) is 0.400. The van der Waals surface area contributed by atoms with Gasteiger partial charge in [0.25, 0.3) is 0 Å². The van der Waals surface area contributed by atoms with E-state index in [2.05, 4.69) is 15.3 Å². The number of rotatable bonds is 5. The standard InChI is InChI=1S/C15H17N3O2S/c1-2-11(14-16-6-7-21-14)17-13-10(15(19)20)8-9-4-3-5-12(9)18-13/h6-8,11H,2-5H2,1H3,(H,17,18)(H,19,20). The molecular formula is C15H17N3O2S. The van der Waals surface area contributed by atoms with Crippen LogP contribution in [0.5, 0.6) is 0 Å². The van der Waals surface area contributed by atoms with E-state index < -0.39 is 5.97 Å². The number of pyridine rings is 1. The Morgan fingerprint density at radius 3 is 3.05 bits per heavy atom. The van der Waals surface area contributed by atoms with Gasteiger partial charge in [0.05, 0.1) is 6.04 Å². The summed E-state index contributed by atoms with van der Waals surface area (Å²) in [6.07, 6.45) is 5.49. The highest BCUT2D eigenvalue weighted by atomic mass is 32.1. The zero-order valence-electron chi connectivity index (χ0n) is 11.8. The molecule has 0 amide bonds. The van der Waals surface area contributed by atoms with Gasteiger partial charge in [-0.25, -0.2) is 14.8 Å². The highest BCUT2D eigenvalue weighted by Crippen LogP contribution is 2.29. The maximum absolute atomic E-state index is 11.5. The summed E-state index contributed by atoms with van der Waals surface area (Å²) in [7, 11) is 0. The number of carboxylic acid groups (broad SMARTS) is 1. The van der Waals surface area contributed by atoms with Gasteiger partial charge in [0, 0.05) is 17.3 Å². The van der Waals surface area contributed by atoms with Gasteiger partial charge in [-0.05, 0) is 37.3 Å². The van der Waals surface area contributed by atoms with Crippen LogP contribution in [-0.4, -0.2) is 21.0 Å². The fourth-order valence-electron chi connectivity index (χ4n) is 2.66. The molecule has 2 heterocycles. The van der Waals surface area contributed by atoms with Crippen molar-refractivity contribution in [2.45, 2.75) is 38.6 Å². The molecule has 1 unspecified atom stereocenters. The number of nitrogens with one attached hydrogen (secondary N) is 1. The number of aromatic carboxylic acids is 1. The molecule has 1 aliphatic rings. The summed E-state index contributed by atoms with van der Waals surface area (Å²) in [5, 5.41) is 15.6. The molecule has 0 radical (unpaired) electrons. The summed E-state index contributed by atoms with van der Waals surface area (Å²) in [6.45, 7) is 2.05. The van der Waals surface area contributed by atoms with Crippen molar-refractivity contribution >= 4 is 23.1 Å². The van der Waals surface area contributed by atoms with Crippen molar-refractivity contribution < 1.29 is 9.90 Å². The fourth-order valence-corrected chi connectivity index (χ4v) is 3.43. The van der Waals surface area contributed by atoms with Gasteiger partial charge < -0.3 is 10.4 Å². The van der Waals surface area contributed by atoms with E-state index in [-0.39, 0.29) is 11.6 Å². The molecule has 1 atom stereocenters. The Hall–Kier alpha value is -1.95. The first kappa shape index (κ1) is 14.0. The lowest BCUT2D eigenvalue weighted by Crippen LogP contribution is -2.15. The highest BCUT2D eigenvalue weighted by molar-refractivity contribution is 7.09. The second kappa shape index (κ2) is 5.81. The molecule has 110 valence electrons. The van der Waals surface area contributed by atoms with Crippen molar-refractivity contribution in [3.05, 3.63) is 39.5 Å². The molecule has 2 aromatic heterocycles. The highest BCUT2D eigenvalue weighted by Gasteiger charge is 2.22. The van der Waals surface area contributed by atoms with E-state index in [4.69, 9.17) is 0 Å². The molecule has 0 saturated carbocycles. The Labute approximate surface area is 127 Å². The predicted molar refractivity (Wildman–Crippen MR) is 82.0 cm³/mol. The van der Waals surface area contributed by atoms with E-state index >= 15 is 0 Å². The first-order valence-corrected chi connectivity index (χ1v) is 7.99. The van der Waals surface area contributed by atoms with Gasteiger partial charge in [0.15, 0.2) is 0 Å². The first-order valence-electron chi connectivity index (χ1n) is 7.11. The van der Waals surface area contributed by atoms with Crippen molar-refractivity contribution in [1.82, 2.24) is 9.97 Å². The molecule has 2 N–H and O–H groups in total. The van der Waals surface area contributed by atoms with Crippen LogP contribution in [-0.2, 0) is 12.8 Å². The number of carboxylic acids is 1. The van der Waals surface area contributed by atoms with Crippen molar-refractivity contribution in [2.24, 2.45) is 0 Å². The van der Waals surface area contributed by atoms with E-state index in [1.54, 1.807) is 23.6 Å². The van der Waals surface area contributed by atoms with Crippen LogP contribution in [0.3, 0.4) is 0 Å². The van der Waals surface area contributed by atoms with Gasteiger partial charge >= 0.3 is 5.97 Å². The smallest absolute Gasteiger partial charge is 0.339 e. The molecule has 0 bridgehead atoms. The number of hydrogen-bond acceptors (Lipinski definition) is 5. The van der Waals surface area contributed by atoms with E-state index in [1.165, 1.54) is 0 Å². The van der Waals surface area contributed by atoms with Gasteiger partial charge in [0.1, 0.15) is 16.4 Å². The third kappa shape index (κ3) is 2.76. The number of aromatic nitrogens is 2. The lowest BCUT2D eigenvalue weighted by Gasteiger charge is -2.17. The van der Waals surface area contributed by atoms with E-state index in [0.717, 1.165) is 41.9 Å². The van der Waals surface area contributed by atoms with Crippen LogP contribution in [0.25, 0.3) is 0 Å². The third-order valence-corrected chi connectivity index (χ3v) is 4.64. The molecule has 21 heavy (non-hydrogen) atoms. The molecule has 2 aromatic rings. The van der Waals surface area contributed by atoms with Crippen molar-refractivity contribution in [3.63, 3.8) is 0 Å². The summed E-state index contributed by atoms with van der Waals surface area (Å²) in [5.74, 6) is -0.473. The molecule has 1 aliphatic carbocycles. The van der Waals surface area contributed by atoms with Crippen LogP contribution in [0.2, 0.25) is 0 Å². The first-order chi connectivity index (χ1) is 10.2. The van der Waals surface area contributed by atoms with Gasteiger partial charge in [-0.15, -0.1) is 11.3 Å².